The van der Waals surface area contributed by atoms with Crippen LogP contribution in [0.5, 0.6) is 11.5 Å². The van der Waals surface area contributed by atoms with Crippen LogP contribution < -0.4 is 15.4 Å². The molecule has 0 spiro atoms. The summed E-state index contributed by atoms with van der Waals surface area (Å²) >= 11 is 0. The highest BCUT2D eigenvalue weighted by molar-refractivity contribution is 5.97. The van der Waals surface area contributed by atoms with E-state index < -0.39 is 0 Å². The average Bonchev–Trinajstić information content (AvgIpc) is 3.38. The van der Waals surface area contributed by atoms with Gasteiger partial charge in [0.2, 0.25) is 5.91 Å². The normalized spacial score (nSPS) is 15.0. The Morgan fingerprint density at radius 2 is 1.95 bits per heavy atom. The molecule has 10 heteroatoms. The van der Waals surface area contributed by atoms with Crippen molar-refractivity contribution < 1.29 is 24.2 Å². The summed E-state index contributed by atoms with van der Waals surface area (Å²) in [7, 11) is 0. The van der Waals surface area contributed by atoms with Crippen LogP contribution in [-0.4, -0.2) is 77.3 Å². The van der Waals surface area contributed by atoms with E-state index in [4.69, 9.17) is 9.47 Å². The second-order valence-electron chi connectivity index (χ2n) is 11.8. The fraction of sp³-hybridized carbons (Fsp3) is 0.500. The molecule has 236 valence electrons. The Morgan fingerprint density at radius 3 is 2.75 bits per heavy atom. The average molecular weight is 604 g/mol. The lowest BCUT2D eigenvalue weighted by molar-refractivity contribution is -0.135. The molecule has 2 amide bonds. The van der Waals surface area contributed by atoms with E-state index in [0.29, 0.717) is 57.1 Å². The van der Waals surface area contributed by atoms with Crippen molar-refractivity contribution in [1.82, 2.24) is 20.2 Å². The Labute approximate surface area is 259 Å². The molecule has 1 aromatic heterocycles. The van der Waals surface area contributed by atoms with Crippen molar-refractivity contribution in [1.29, 1.82) is 0 Å². The van der Waals surface area contributed by atoms with Crippen molar-refractivity contribution in [3.63, 3.8) is 0 Å². The predicted molar refractivity (Wildman–Crippen MR) is 170 cm³/mol. The standard InChI is InChI=1S/C34H45N5O5/c1-23-24(2)37-34(36-23)27-8-6-7-25(21-27)14-19-43-20-15-31(42)39(28-9-4-3-5-10-28)18-17-35-16-13-26-11-12-29(40)32-33(26)44-22-30(41)38-32/h6-8,11-12,21,28,35,40H,3-5,9-10,13-20,22H2,1-2H3,(H,36,37)(H,38,41). The number of fused-ring (bicyclic) bond motifs is 1. The maximum Gasteiger partial charge on any atom is 0.262 e. The Kier molecular flexibility index (Phi) is 10.9. The lowest BCUT2D eigenvalue weighted by atomic mass is 9.94. The largest absolute Gasteiger partial charge is 0.506 e. The lowest BCUT2D eigenvalue weighted by Crippen LogP contribution is -2.45. The molecule has 1 aliphatic carbocycles. The zero-order valence-electron chi connectivity index (χ0n) is 25.9. The number of aromatic nitrogens is 2. The zero-order chi connectivity index (χ0) is 30.9. The van der Waals surface area contributed by atoms with Crippen LogP contribution in [0, 0.1) is 13.8 Å². The van der Waals surface area contributed by atoms with Crippen molar-refractivity contribution in [2.45, 2.75) is 71.3 Å². The van der Waals surface area contributed by atoms with E-state index >= 15 is 0 Å². The van der Waals surface area contributed by atoms with Gasteiger partial charge in [0.15, 0.2) is 12.4 Å². The Hall–Kier alpha value is -3.89. The fourth-order valence-corrected chi connectivity index (χ4v) is 6.02. The van der Waals surface area contributed by atoms with Crippen molar-refractivity contribution in [3.05, 3.63) is 58.9 Å². The first-order valence-corrected chi connectivity index (χ1v) is 15.9. The second-order valence-corrected chi connectivity index (χ2v) is 11.8. The van der Waals surface area contributed by atoms with Gasteiger partial charge >= 0.3 is 0 Å². The van der Waals surface area contributed by atoms with Crippen LogP contribution in [0.25, 0.3) is 11.4 Å². The van der Waals surface area contributed by atoms with Gasteiger partial charge in [0, 0.05) is 30.4 Å². The van der Waals surface area contributed by atoms with Gasteiger partial charge in [-0.05, 0) is 69.3 Å². The molecule has 0 atom stereocenters. The van der Waals surface area contributed by atoms with E-state index in [1.165, 1.54) is 12.0 Å². The molecule has 5 rings (SSSR count). The van der Waals surface area contributed by atoms with Crippen molar-refractivity contribution in [2.24, 2.45) is 0 Å². The van der Waals surface area contributed by atoms with E-state index in [9.17, 15) is 14.7 Å². The van der Waals surface area contributed by atoms with Crippen LogP contribution >= 0.6 is 0 Å². The number of nitrogens with zero attached hydrogens (tertiary/aromatic N) is 2. The van der Waals surface area contributed by atoms with Crippen molar-refractivity contribution in [2.75, 3.05) is 44.8 Å². The number of ether oxygens (including phenoxy) is 2. The number of benzene rings is 2. The molecule has 0 saturated heterocycles. The number of carbonyl (C=O) groups is 2. The molecule has 10 nitrogen and oxygen atoms in total. The van der Waals surface area contributed by atoms with Gasteiger partial charge in [-0.3, -0.25) is 9.59 Å². The molecule has 2 aliphatic rings. The molecule has 2 heterocycles. The van der Waals surface area contributed by atoms with Gasteiger partial charge in [0.05, 0.1) is 25.3 Å². The summed E-state index contributed by atoms with van der Waals surface area (Å²) in [4.78, 5) is 35.0. The first kappa shape index (κ1) is 31.5. The highest BCUT2D eigenvalue weighted by Gasteiger charge is 2.25. The van der Waals surface area contributed by atoms with E-state index in [-0.39, 0.29) is 30.2 Å². The molecule has 0 unspecified atom stereocenters. The van der Waals surface area contributed by atoms with E-state index in [0.717, 1.165) is 60.4 Å². The van der Waals surface area contributed by atoms with Gasteiger partial charge < -0.3 is 35.1 Å². The van der Waals surface area contributed by atoms with Crippen LogP contribution in [0.15, 0.2) is 36.4 Å². The van der Waals surface area contributed by atoms with E-state index in [1.54, 1.807) is 6.07 Å². The number of H-pyrrole nitrogens is 1. The summed E-state index contributed by atoms with van der Waals surface area (Å²) in [6.45, 7) is 6.98. The highest BCUT2D eigenvalue weighted by Crippen LogP contribution is 2.39. The van der Waals surface area contributed by atoms with Crippen LogP contribution in [-0.2, 0) is 27.2 Å². The number of anilines is 1. The SMILES string of the molecule is Cc1nc(-c2cccc(CCOCCC(=O)N(CCNCCc3ccc(O)c4c3OCC(=O)N4)C3CCCCC3)c2)[nH]c1C. The van der Waals surface area contributed by atoms with Gasteiger partial charge in [-0.15, -0.1) is 0 Å². The number of hydrogen-bond acceptors (Lipinski definition) is 7. The quantitative estimate of drug-likeness (QED) is 0.156. The number of phenolic OH excluding ortho intramolecular Hbond substituents is 1. The summed E-state index contributed by atoms with van der Waals surface area (Å²) < 4.78 is 11.5. The summed E-state index contributed by atoms with van der Waals surface area (Å²) in [5, 5.41) is 16.2. The molecule has 1 aliphatic heterocycles. The van der Waals surface area contributed by atoms with Crippen LogP contribution in [0.4, 0.5) is 5.69 Å². The summed E-state index contributed by atoms with van der Waals surface area (Å²) in [5.74, 6) is 1.29. The van der Waals surface area contributed by atoms with Crippen molar-refractivity contribution >= 4 is 17.5 Å². The number of aromatic hydroxyl groups is 1. The third kappa shape index (κ3) is 8.18. The van der Waals surface area contributed by atoms with Gasteiger partial charge in [0.25, 0.3) is 5.91 Å². The monoisotopic (exact) mass is 603 g/mol. The van der Waals surface area contributed by atoms with Gasteiger partial charge in [-0.25, -0.2) is 4.98 Å². The maximum atomic E-state index is 13.3. The summed E-state index contributed by atoms with van der Waals surface area (Å²) in [6.07, 6.45) is 7.50. The lowest BCUT2D eigenvalue weighted by Gasteiger charge is -2.34. The molecule has 44 heavy (non-hydrogen) atoms. The van der Waals surface area contributed by atoms with Crippen LogP contribution in [0.1, 0.15) is 61.0 Å². The Bertz CT molecular complexity index is 1410. The van der Waals surface area contributed by atoms with Gasteiger partial charge in [0.1, 0.15) is 17.3 Å². The minimum absolute atomic E-state index is 0.000212. The van der Waals surface area contributed by atoms with E-state index in [1.807, 2.05) is 26.0 Å². The molecule has 0 bridgehead atoms. The maximum absolute atomic E-state index is 13.3. The number of hydrogen-bond donors (Lipinski definition) is 4. The number of amides is 2. The number of carbonyl (C=O) groups excluding carboxylic acids is 2. The molecule has 1 fully saturated rings. The minimum atomic E-state index is -0.276. The highest BCUT2D eigenvalue weighted by atomic mass is 16.5. The molecular formula is C34H45N5O5. The first-order chi connectivity index (χ1) is 21.4. The topological polar surface area (TPSA) is 129 Å². The molecule has 4 N–H and O–H groups in total. The van der Waals surface area contributed by atoms with Gasteiger partial charge in [-0.2, -0.15) is 0 Å². The van der Waals surface area contributed by atoms with Crippen molar-refractivity contribution in [3.8, 4) is 22.9 Å². The summed E-state index contributed by atoms with van der Waals surface area (Å²) in [5.41, 5.74) is 5.59. The van der Waals surface area contributed by atoms with Crippen LogP contribution in [0.2, 0.25) is 0 Å². The third-order valence-corrected chi connectivity index (χ3v) is 8.59. The molecular weight excluding hydrogens is 558 g/mol. The number of phenols is 1. The zero-order valence-corrected chi connectivity index (χ0v) is 25.9. The molecule has 1 saturated carbocycles. The first-order valence-electron chi connectivity index (χ1n) is 15.9. The number of nitrogens with one attached hydrogen (secondary N) is 3. The van der Waals surface area contributed by atoms with Crippen LogP contribution in [0.3, 0.4) is 0 Å². The number of imidazole rings is 1. The molecule has 2 aromatic carbocycles. The summed E-state index contributed by atoms with van der Waals surface area (Å²) in [6, 6.07) is 12.0. The van der Waals surface area contributed by atoms with Gasteiger partial charge in [-0.1, -0.05) is 43.5 Å². The Morgan fingerprint density at radius 1 is 1.11 bits per heavy atom. The molecule has 0 radical (unpaired) electrons. The minimum Gasteiger partial charge on any atom is -0.506 e. The number of rotatable bonds is 14. The number of aryl methyl sites for hydroxylation is 2. The Balaban J connectivity index is 1.06. The third-order valence-electron chi connectivity index (χ3n) is 8.59. The smallest absolute Gasteiger partial charge is 0.262 e. The molecule has 3 aromatic rings. The fourth-order valence-electron chi connectivity index (χ4n) is 6.02. The number of aromatic amines is 1. The predicted octanol–water partition coefficient (Wildman–Crippen LogP) is 4.67. The van der Waals surface area contributed by atoms with E-state index in [2.05, 4.69) is 43.7 Å². The second kappa shape index (κ2) is 15.2.